The van der Waals surface area contributed by atoms with Gasteiger partial charge in [0.2, 0.25) is 0 Å². The minimum Gasteiger partial charge on any atom is -0.338 e. The van der Waals surface area contributed by atoms with Crippen LogP contribution in [0.2, 0.25) is 0 Å². The Morgan fingerprint density at radius 3 is 2.50 bits per heavy atom. The Bertz CT molecular complexity index is 894. The van der Waals surface area contributed by atoms with Crippen LogP contribution in [-0.4, -0.2) is 47.4 Å². The van der Waals surface area contributed by atoms with Crippen LogP contribution < -0.4 is 5.73 Å². The summed E-state index contributed by atoms with van der Waals surface area (Å²) in [6.45, 7) is 3.42. The number of likely N-dealkylation sites (tertiary alicyclic amines) is 1. The summed E-state index contributed by atoms with van der Waals surface area (Å²) < 4.78 is 0. The second-order valence-electron chi connectivity index (χ2n) is 9.52. The van der Waals surface area contributed by atoms with Crippen LogP contribution in [0.5, 0.6) is 0 Å². The number of carbonyl (C=O) groups excluding carboxylic acids is 1. The van der Waals surface area contributed by atoms with Crippen LogP contribution in [0.15, 0.2) is 54.6 Å². The molecule has 2 aromatic carbocycles. The molecule has 0 unspecified atom stereocenters. The summed E-state index contributed by atoms with van der Waals surface area (Å²) in [5.74, 6) is 1.39. The molecule has 3 aliphatic heterocycles. The number of nitrogens with zero attached hydrogens (tertiary/aromatic N) is 2. The molecular weight excluding hydrogens is 441 g/mol. The minimum absolute atomic E-state index is 0. The van der Waals surface area contributed by atoms with E-state index in [4.69, 9.17) is 5.73 Å². The standard InChI is InChI=1S/C26H33N3O.2ClH/c27-15-20-8-4-9-22(12-20)26(30)28-16-21-13-23(18-28)25-11-5-10-24(29(25)17-21)14-19-6-2-1-3-7-19;;/h1-4,6-9,12,21,23-25H,5,10-11,13-18,27H2;2*1H/t21-,23+,24+,25-;;/m0../s1. The number of hydrogen-bond donors (Lipinski definition) is 1. The van der Waals surface area contributed by atoms with Crippen molar-refractivity contribution in [3.05, 3.63) is 71.3 Å². The molecule has 2 bridgehead atoms. The summed E-state index contributed by atoms with van der Waals surface area (Å²) in [4.78, 5) is 18.2. The molecule has 0 aliphatic carbocycles. The van der Waals surface area contributed by atoms with Gasteiger partial charge in [-0.25, -0.2) is 0 Å². The Labute approximate surface area is 204 Å². The van der Waals surface area contributed by atoms with Crippen LogP contribution in [0.25, 0.3) is 0 Å². The van der Waals surface area contributed by atoms with Crippen LogP contribution in [0.1, 0.15) is 47.2 Å². The molecule has 32 heavy (non-hydrogen) atoms. The largest absolute Gasteiger partial charge is 0.338 e. The molecule has 3 aliphatic rings. The maximum atomic E-state index is 13.2. The number of benzene rings is 2. The highest BCUT2D eigenvalue weighted by atomic mass is 35.5. The molecule has 6 heteroatoms. The third-order valence-corrected chi connectivity index (χ3v) is 7.53. The Balaban J connectivity index is 0.00000144. The van der Waals surface area contributed by atoms with E-state index < -0.39 is 0 Å². The summed E-state index contributed by atoms with van der Waals surface area (Å²) in [6.07, 6.45) is 6.34. The summed E-state index contributed by atoms with van der Waals surface area (Å²) in [5.41, 5.74) is 9.06. The van der Waals surface area contributed by atoms with Crippen molar-refractivity contribution in [1.82, 2.24) is 9.80 Å². The average Bonchev–Trinajstić information content (AvgIpc) is 2.80. The van der Waals surface area contributed by atoms with Crippen LogP contribution in [0.3, 0.4) is 0 Å². The van der Waals surface area contributed by atoms with Gasteiger partial charge in [-0.05, 0) is 60.8 Å². The van der Waals surface area contributed by atoms with E-state index in [2.05, 4.69) is 40.1 Å². The fraction of sp³-hybridized carbons (Fsp3) is 0.500. The van der Waals surface area contributed by atoms with Crippen molar-refractivity contribution in [2.75, 3.05) is 19.6 Å². The van der Waals surface area contributed by atoms with Gasteiger partial charge in [0, 0.05) is 43.8 Å². The van der Waals surface area contributed by atoms with Crippen LogP contribution in [0, 0.1) is 11.8 Å². The van der Waals surface area contributed by atoms with Crippen LogP contribution >= 0.6 is 24.8 Å². The van der Waals surface area contributed by atoms with Gasteiger partial charge in [-0.1, -0.05) is 48.9 Å². The maximum absolute atomic E-state index is 13.2. The predicted octanol–water partition coefficient (Wildman–Crippen LogP) is 4.55. The molecule has 4 atom stereocenters. The third-order valence-electron chi connectivity index (χ3n) is 7.53. The average molecular weight is 476 g/mol. The minimum atomic E-state index is 0. The zero-order chi connectivity index (χ0) is 20.5. The lowest BCUT2D eigenvalue weighted by Gasteiger charge is -2.55. The van der Waals surface area contributed by atoms with Gasteiger partial charge >= 0.3 is 0 Å². The molecule has 0 radical (unpaired) electrons. The zero-order valence-corrected chi connectivity index (χ0v) is 20.2. The van der Waals surface area contributed by atoms with Gasteiger partial charge in [0.25, 0.3) is 5.91 Å². The molecule has 3 heterocycles. The molecule has 5 rings (SSSR count). The third kappa shape index (κ3) is 5.14. The first-order chi connectivity index (χ1) is 14.7. The van der Waals surface area contributed by atoms with Crippen LogP contribution in [0.4, 0.5) is 0 Å². The number of rotatable bonds is 4. The lowest BCUT2D eigenvalue weighted by atomic mass is 9.74. The maximum Gasteiger partial charge on any atom is 0.253 e. The van der Waals surface area contributed by atoms with E-state index in [-0.39, 0.29) is 30.7 Å². The number of halogens is 2. The van der Waals surface area contributed by atoms with Gasteiger partial charge in [0.1, 0.15) is 0 Å². The molecule has 0 aromatic heterocycles. The van der Waals surface area contributed by atoms with E-state index in [1.807, 2.05) is 24.3 Å². The van der Waals surface area contributed by atoms with Gasteiger partial charge < -0.3 is 10.6 Å². The number of nitrogens with two attached hydrogens (primary N) is 1. The molecule has 0 saturated carbocycles. The van der Waals surface area contributed by atoms with Gasteiger partial charge in [0.15, 0.2) is 0 Å². The number of fused-ring (bicyclic) bond motifs is 4. The monoisotopic (exact) mass is 475 g/mol. The van der Waals surface area contributed by atoms with Crippen molar-refractivity contribution in [2.45, 2.75) is 50.7 Å². The number of amides is 1. The normalized spacial score (nSPS) is 27.0. The van der Waals surface area contributed by atoms with E-state index in [1.54, 1.807) is 0 Å². The number of piperidine rings is 3. The Morgan fingerprint density at radius 2 is 1.72 bits per heavy atom. The quantitative estimate of drug-likeness (QED) is 0.705. The lowest BCUT2D eigenvalue weighted by Crippen LogP contribution is -2.62. The molecule has 1 amide bonds. The fourth-order valence-electron chi connectivity index (χ4n) is 6.20. The van der Waals surface area contributed by atoms with Crippen molar-refractivity contribution >= 4 is 30.7 Å². The van der Waals surface area contributed by atoms with E-state index in [0.717, 1.165) is 37.2 Å². The van der Waals surface area contributed by atoms with Crippen LogP contribution in [-0.2, 0) is 13.0 Å². The topological polar surface area (TPSA) is 49.6 Å². The zero-order valence-electron chi connectivity index (χ0n) is 18.6. The van der Waals surface area contributed by atoms with Gasteiger partial charge in [0.05, 0.1) is 0 Å². The molecule has 0 spiro atoms. The highest BCUT2D eigenvalue weighted by Crippen LogP contribution is 2.40. The van der Waals surface area contributed by atoms with Crippen molar-refractivity contribution in [1.29, 1.82) is 0 Å². The summed E-state index contributed by atoms with van der Waals surface area (Å²) in [7, 11) is 0. The highest BCUT2D eigenvalue weighted by Gasteiger charge is 2.45. The molecule has 3 fully saturated rings. The molecule has 3 saturated heterocycles. The first-order valence-corrected chi connectivity index (χ1v) is 11.6. The molecule has 2 aromatic rings. The van der Waals surface area contributed by atoms with Gasteiger partial charge in [-0.2, -0.15) is 0 Å². The Morgan fingerprint density at radius 1 is 0.938 bits per heavy atom. The second kappa shape index (κ2) is 11.0. The molecule has 4 nitrogen and oxygen atoms in total. The molecular formula is C26H35Cl2N3O. The van der Waals surface area contributed by atoms with Crippen molar-refractivity contribution in [3.63, 3.8) is 0 Å². The van der Waals surface area contributed by atoms with Crippen molar-refractivity contribution < 1.29 is 4.79 Å². The highest BCUT2D eigenvalue weighted by molar-refractivity contribution is 5.94. The molecule has 2 N–H and O–H groups in total. The smallest absolute Gasteiger partial charge is 0.253 e. The Kier molecular flexibility index (Phi) is 8.62. The summed E-state index contributed by atoms with van der Waals surface area (Å²) in [6, 6.07) is 20.1. The first kappa shape index (κ1) is 25.0. The second-order valence-corrected chi connectivity index (χ2v) is 9.52. The van der Waals surface area contributed by atoms with E-state index in [1.165, 1.54) is 31.2 Å². The van der Waals surface area contributed by atoms with Gasteiger partial charge in [-0.3, -0.25) is 9.69 Å². The molecule has 174 valence electrons. The fourth-order valence-corrected chi connectivity index (χ4v) is 6.20. The summed E-state index contributed by atoms with van der Waals surface area (Å²) in [5, 5.41) is 0. The van der Waals surface area contributed by atoms with Gasteiger partial charge in [-0.15, -0.1) is 24.8 Å². The van der Waals surface area contributed by atoms with E-state index in [0.29, 0.717) is 30.5 Å². The SMILES string of the molecule is Cl.Cl.NCc1cccc(C(=O)N2C[C@@H]3C[C@H](C2)[C@@H]2CCC[C@H](Cc4ccccc4)N2C3)c1. The predicted molar refractivity (Wildman–Crippen MR) is 135 cm³/mol. The van der Waals surface area contributed by atoms with Crippen molar-refractivity contribution in [3.8, 4) is 0 Å². The first-order valence-electron chi connectivity index (χ1n) is 11.6. The Hall–Kier alpha value is -1.59. The number of carbonyl (C=O) groups is 1. The van der Waals surface area contributed by atoms with E-state index in [9.17, 15) is 4.79 Å². The van der Waals surface area contributed by atoms with E-state index >= 15 is 0 Å². The number of hydrogen-bond acceptors (Lipinski definition) is 3. The van der Waals surface area contributed by atoms with Crippen molar-refractivity contribution in [2.24, 2.45) is 17.6 Å². The lowest BCUT2D eigenvalue weighted by molar-refractivity contribution is -0.0498. The summed E-state index contributed by atoms with van der Waals surface area (Å²) >= 11 is 0.